The first-order valence-electron chi connectivity index (χ1n) is 8.67. The minimum atomic E-state index is -0.230. The molecule has 4 heterocycles. The number of carbonyl (C=O) groups excluding carboxylic acids is 1. The van der Waals surface area contributed by atoms with Gasteiger partial charge < -0.3 is 10.2 Å². The van der Waals surface area contributed by atoms with Crippen molar-refractivity contribution in [1.29, 1.82) is 0 Å². The molecule has 1 fully saturated rings. The summed E-state index contributed by atoms with van der Waals surface area (Å²) in [4.78, 5) is 24.5. The number of hydrogen-bond acceptors (Lipinski definition) is 6. The first-order valence-corrected chi connectivity index (χ1v) is 9.55. The van der Waals surface area contributed by atoms with Crippen molar-refractivity contribution in [2.24, 2.45) is 7.05 Å². The summed E-state index contributed by atoms with van der Waals surface area (Å²) in [5, 5.41) is 9.29. The smallest absolute Gasteiger partial charge is 0.275 e. The molecule has 3 aromatic rings. The fourth-order valence-electron chi connectivity index (χ4n) is 3.12. The minimum Gasteiger partial charge on any atom is -0.356 e. The molecule has 0 unspecified atom stereocenters. The van der Waals surface area contributed by atoms with Crippen molar-refractivity contribution in [2.75, 3.05) is 23.3 Å². The number of rotatable bonds is 4. The second-order valence-electron chi connectivity index (χ2n) is 6.28. The van der Waals surface area contributed by atoms with Crippen LogP contribution < -0.4 is 10.2 Å². The number of piperidine rings is 1. The molecule has 7 nitrogen and oxygen atoms in total. The molecular formula is C18H20N6OS. The highest BCUT2D eigenvalue weighted by Gasteiger charge is 2.17. The van der Waals surface area contributed by atoms with E-state index in [-0.39, 0.29) is 5.91 Å². The van der Waals surface area contributed by atoms with Gasteiger partial charge in [0, 0.05) is 26.2 Å². The van der Waals surface area contributed by atoms with Crippen LogP contribution in [-0.2, 0) is 7.05 Å². The minimum absolute atomic E-state index is 0.230. The summed E-state index contributed by atoms with van der Waals surface area (Å²) < 4.78 is 1.59. The molecule has 0 radical (unpaired) electrons. The monoisotopic (exact) mass is 368 g/mol. The Kier molecular flexibility index (Phi) is 4.66. The molecule has 1 amide bonds. The summed E-state index contributed by atoms with van der Waals surface area (Å²) in [5.41, 5.74) is 1.29. The van der Waals surface area contributed by atoms with Crippen LogP contribution >= 0.6 is 11.3 Å². The van der Waals surface area contributed by atoms with E-state index in [1.165, 1.54) is 25.6 Å². The summed E-state index contributed by atoms with van der Waals surface area (Å²) in [6.07, 6.45) is 5.11. The van der Waals surface area contributed by atoms with Crippen LogP contribution in [0.1, 0.15) is 29.8 Å². The number of aryl methyl sites for hydroxylation is 1. The Balaban J connectivity index is 1.51. The van der Waals surface area contributed by atoms with Crippen LogP contribution in [0, 0.1) is 0 Å². The van der Waals surface area contributed by atoms with Crippen LogP contribution in [0.4, 0.5) is 11.6 Å². The SMILES string of the molecule is Cn1nc(-c2cccs2)cc1C(=O)Nc1cc(N2CCCCC2)ncn1. The van der Waals surface area contributed by atoms with Crippen molar-refractivity contribution in [3.63, 3.8) is 0 Å². The van der Waals surface area contributed by atoms with Gasteiger partial charge in [-0.15, -0.1) is 11.3 Å². The maximum absolute atomic E-state index is 12.7. The number of thiophene rings is 1. The molecule has 134 valence electrons. The van der Waals surface area contributed by atoms with Gasteiger partial charge in [-0.1, -0.05) is 6.07 Å². The molecule has 0 spiro atoms. The molecule has 26 heavy (non-hydrogen) atoms. The summed E-state index contributed by atoms with van der Waals surface area (Å²) in [6, 6.07) is 7.59. The van der Waals surface area contributed by atoms with Crippen LogP contribution in [0.5, 0.6) is 0 Å². The van der Waals surface area contributed by atoms with Gasteiger partial charge >= 0.3 is 0 Å². The Morgan fingerprint density at radius 2 is 2.04 bits per heavy atom. The predicted molar refractivity (Wildman–Crippen MR) is 103 cm³/mol. The van der Waals surface area contributed by atoms with E-state index < -0.39 is 0 Å². The largest absolute Gasteiger partial charge is 0.356 e. The summed E-state index contributed by atoms with van der Waals surface area (Å²) in [6.45, 7) is 1.99. The molecule has 1 saturated heterocycles. The van der Waals surface area contributed by atoms with Crippen molar-refractivity contribution in [1.82, 2.24) is 19.7 Å². The molecule has 0 atom stereocenters. The Bertz CT molecular complexity index is 898. The third-order valence-corrected chi connectivity index (χ3v) is 5.35. The lowest BCUT2D eigenvalue weighted by atomic mass is 10.1. The average Bonchev–Trinajstić information content (AvgIpc) is 3.32. The fourth-order valence-corrected chi connectivity index (χ4v) is 3.80. The number of aromatic nitrogens is 4. The molecule has 8 heteroatoms. The van der Waals surface area contributed by atoms with Gasteiger partial charge in [0.15, 0.2) is 0 Å². The number of amides is 1. The molecular weight excluding hydrogens is 348 g/mol. The highest BCUT2D eigenvalue weighted by molar-refractivity contribution is 7.13. The van der Waals surface area contributed by atoms with Crippen molar-refractivity contribution in [3.8, 4) is 10.6 Å². The quantitative estimate of drug-likeness (QED) is 0.765. The molecule has 0 saturated carbocycles. The Morgan fingerprint density at radius 1 is 1.19 bits per heavy atom. The molecule has 4 rings (SSSR count). The van der Waals surface area contributed by atoms with Crippen LogP contribution in [0.15, 0.2) is 36.0 Å². The molecule has 0 aliphatic carbocycles. The van der Waals surface area contributed by atoms with Crippen LogP contribution in [0.2, 0.25) is 0 Å². The first kappa shape index (κ1) is 16.7. The molecule has 0 bridgehead atoms. The molecule has 1 N–H and O–H groups in total. The van der Waals surface area contributed by atoms with E-state index in [0.29, 0.717) is 11.5 Å². The number of nitrogens with one attached hydrogen (secondary N) is 1. The third kappa shape index (κ3) is 3.45. The van der Waals surface area contributed by atoms with E-state index in [2.05, 4.69) is 25.3 Å². The lowest BCUT2D eigenvalue weighted by molar-refractivity contribution is 0.101. The zero-order valence-corrected chi connectivity index (χ0v) is 15.4. The summed E-state index contributed by atoms with van der Waals surface area (Å²) >= 11 is 1.60. The third-order valence-electron chi connectivity index (χ3n) is 4.46. The average molecular weight is 368 g/mol. The van der Waals surface area contributed by atoms with E-state index in [9.17, 15) is 4.79 Å². The summed E-state index contributed by atoms with van der Waals surface area (Å²) in [5.74, 6) is 1.13. The normalized spacial score (nSPS) is 14.4. The number of nitrogens with zero attached hydrogens (tertiary/aromatic N) is 5. The van der Waals surface area contributed by atoms with Gasteiger partial charge in [-0.2, -0.15) is 5.10 Å². The number of anilines is 2. The van der Waals surface area contributed by atoms with Gasteiger partial charge in [-0.05, 0) is 36.8 Å². The maximum atomic E-state index is 12.7. The highest BCUT2D eigenvalue weighted by Crippen LogP contribution is 2.24. The molecule has 1 aliphatic rings. The molecule has 0 aromatic carbocycles. The van der Waals surface area contributed by atoms with Gasteiger partial charge in [0.2, 0.25) is 0 Å². The van der Waals surface area contributed by atoms with Crippen LogP contribution in [-0.4, -0.2) is 38.7 Å². The Hall–Kier alpha value is -2.74. The van der Waals surface area contributed by atoms with Crippen molar-refractivity contribution in [3.05, 3.63) is 41.7 Å². The summed E-state index contributed by atoms with van der Waals surface area (Å²) in [7, 11) is 1.77. The van der Waals surface area contributed by atoms with Crippen LogP contribution in [0.3, 0.4) is 0 Å². The van der Waals surface area contributed by atoms with E-state index in [1.807, 2.05) is 23.6 Å². The van der Waals surface area contributed by atoms with Crippen LogP contribution in [0.25, 0.3) is 10.6 Å². The van der Waals surface area contributed by atoms with Gasteiger partial charge in [-0.3, -0.25) is 9.48 Å². The van der Waals surface area contributed by atoms with Crippen molar-refractivity contribution < 1.29 is 4.79 Å². The van der Waals surface area contributed by atoms with Gasteiger partial charge in [0.1, 0.15) is 29.4 Å². The highest BCUT2D eigenvalue weighted by atomic mass is 32.1. The molecule has 1 aliphatic heterocycles. The number of carbonyl (C=O) groups is 1. The van der Waals surface area contributed by atoms with E-state index in [0.717, 1.165) is 29.5 Å². The first-order chi connectivity index (χ1) is 12.7. The fraction of sp³-hybridized carbons (Fsp3) is 0.333. The second kappa shape index (κ2) is 7.25. The van der Waals surface area contributed by atoms with E-state index >= 15 is 0 Å². The topological polar surface area (TPSA) is 75.9 Å². The standard InChI is InChI=1S/C18H20N6OS/c1-23-14(10-13(22-23)15-6-5-9-26-15)18(25)21-16-11-17(20-12-19-16)24-7-3-2-4-8-24/h5-6,9-12H,2-4,7-8H2,1H3,(H,19,20,21,25). The Morgan fingerprint density at radius 3 is 2.81 bits per heavy atom. The van der Waals surface area contributed by atoms with Crippen molar-refractivity contribution >= 4 is 28.9 Å². The zero-order chi connectivity index (χ0) is 17.9. The lowest BCUT2D eigenvalue weighted by Crippen LogP contribution is -2.30. The van der Waals surface area contributed by atoms with Gasteiger partial charge in [0.05, 0.1) is 4.88 Å². The molecule has 3 aromatic heterocycles. The number of hydrogen-bond donors (Lipinski definition) is 1. The second-order valence-corrected chi connectivity index (χ2v) is 7.23. The van der Waals surface area contributed by atoms with Gasteiger partial charge in [0.25, 0.3) is 5.91 Å². The lowest BCUT2D eigenvalue weighted by Gasteiger charge is -2.27. The maximum Gasteiger partial charge on any atom is 0.275 e. The predicted octanol–water partition coefficient (Wildman–Crippen LogP) is 3.18. The van der Waals surface area contributed by atoms with E-state index in [4.69, 9.17) is 0 Å². The van der Waals surface area contributed by atoms with E-state index in [1.54, 1.807) is 29.1 Å². The van der Waals surface area contributed by atoms with Gasteiger partial charge in [-0.25, -0.2) is 9.97 Å². The van der Waals surface area contributed by atoms with Crippen molar-refractivity contribution in [2.45, 2.75) is 19.3 Å². The Labute approximate surface area is 155 Å². The zero-order valence-electron chi connectivity index (χ0n) is 14.6.